The molecule has 0 bridgehead atoms. The van der Waals surface area contributed by atoms with Crippen molar-refractivity contribution >= 4 is 11.0 Å². The SMILES string of the molecule is Cc1c(C)c2c(OCc3ccc(C(C)(C)C)cc3)cccc2oc1=O. The van der Waals surface area contributed by atoms with Crippen LogP contribution >= 0.6 is 0 Å². The van der Waals surface area contributed by atoms with Crippen LogP contribution in [-0.4, -0.2) is 0 Å². The van der Waals surface area contributed by atoms with Crippen molar-refractivity contribution in [3.05, 3.63) is 75.1 Å². The van der Waals surface area contributed by atoms with Crippen LogP contribution in [0, 0.1) is 13.8 Å². The molecule has 25 heavy (non-hydrogen) atoms. The number of benzene rings is 2. The predicted octanol–water partition coefficient (Wildman–Crippen LogP) is 5.29. The lowest BCUT2D eigenvalue weighted by molar-refractivity contribution is 0.309. The minimum absolute atomic E-state index is 0.140. The summed E-state index contributed by atoms with van der Waals surface area (Å²) < 4.78 is 11.4. The smallest absolute Gasteiger partial charge is 0.339 e. The summed E-state index contributed by atoms with van der Waals surface area (Å²) in [6.45, 7) is 10.8. The second-order valence-electron chi connectivity index (χ2n) is 7.50. The van der Waals surface area contributed by atoms with Gasteiger partial charge in [0.2, 0.25) is 0 Å². The fourth-order valence-electron chi connectivity index (χ4n) is 2.86. The first-order valence-electron chi connectivity index (χ1n) is 8.52. The molecule has 3 nitrogen and oxygen atoms in total. The zero-order valence-corrected chi connectivity index (χ0v) is 15.5. The Morgan fingerprint density at radius 2 is 1.64 bits per heavy atom. The molecule has 0 fully saturated rings. The molecule has 3 rings (SSSR count). The van der Waals surface area contributed by atoms with Gasteiger partial charge in [0, 0.05) is 5.56 Å². The zero-order valence-electron chi connectivity index (χ0n) is 15.5. The molecule has 1 aromatic heterocycles. The molecule has 0 spiro atoms. The van der Waals surface area contributed by atoms with Gasteiger partial charge in [0.05, 0.1) is 5.39 Å². The minimum Gasteiger partial charge on any atom is -0.488 e. The second kappa shape index (κ2) is 6.40. The highest BCUT2D eigenvalue weighted by Crippen LogP contribution is 2.30. The number of hydrogen-bond acceptors (Lipinski definition) is 3. The Morgan fingerprint density at radius 3 is 2.28 bits per heavy atom. The summed E-state index contributed by atoms with van der Waals surface area (Å²) in [6, 6.07) is 14.1. The molecule has 130 valence electrons. The molecule has 0 aliphatic heterocycles. The molecular formula is C22H24O3. The van der Waals surface area contributed by atoms with Crippen LogP contribution < -0.4 is 10.4 Å². The van der Waals surface area contributed by atoms with Crippen LogP contribution in [0.1, 0.15) is 43.0 Å². The summed E-state index contributed by atoms with van der Waals surface area (Å²) in [5, 5.41) is 0.867. The van der Waals surface area contributed by atoms with Crippen molar-refractivity contribution < 1.29 is 9.15 Å². The van der Waals surface area contributed by atoms with Crippen molar-refractivity contribution in [3.63, 3.8) is 0 Å². The molecule has 0 atom stereocenters. The van der Waals surface area contributed by atoms with Crippen molar-refractivity contribution in [1.29, 1.82) is 0 Å². The molecule has 0 saturated carbocycles. The van der Waals surface area contributed by atoms with Gasteiger partial charge < -0.3 is 9.15 Å². The third-order valence-electron chi connectivity index (χ3n) is 4.65. The van der Waals surface area contributed by atoms with Crippen LogP contribution in [0.2, 0.25) is 0 Å². The molecule has 0 aliphatic rings. The van der Waals surface area contributed by atoms with Gasteiger partial charge in [-0.2, -0.15) is 0 Å². The van der Waals surface area contributed by atoms with E-state index in [0.717, 1.165) is 22.3 Å². The number of fused-ring (bicyclic) bond motifs is 1. The average Bonchev–Trinajstić information content (AvgIpc) is 2.57. The molecular weight excluding hydrogens is 312 g/mol. The lowest BCUT2D eigenvalue weighted by atomic mass is 9.87. The summed E-state index contributed by atoms with van der Waals surface area (Å²) in [7, 11) is 0. The highest BCUT2D eigenvalue weighted by atomic mass is 16.5. The number of hydrogen-bond donors (Lipinski definition) is 0. The molecule has 2 aromatic carbocycles. The van der Waals surface area contributed by atoms with E-state index in [0.29, 0.717) is 17.8 Å². The second-order valence-corrected chi connectivity index (χ2v) is 7.50. The lowest BCUT2D eigenvalue weighted by Crippen LogP contribution is -2.11. The minimum atomic E-state index is -0.292. The number of ether oxygens (including phenoxy) is 1. The molecule has 0 N–H and O–H groups in total. The molecule has 3 aromatic rings. The highest BCUT2D eigenvalue weighted by molar-refractivity contribution is 5.87. The number of aryl methyl sites for hydroxylation is 1. The van der Waals surface area contributed by atoms with Crippen molar-refractivity contribution in [1.82, 2.24) is 0 Å². The van der Waals surface area contributed by atoms with E-state index in [1.165, 1.54) is 5.56 Å². The average molecular weight is 336 g/mol. The van der Waals surface area contributed by atoms with Crippen molar-refractivity contribution in [2.75, 3.05) is 0 Å². The maximum atomic E-state index is 11.8. The van der Waals surface area contributed by atoms with E-state index in [9.17, 15) is 4.79 Å². The summed E-state index contributed by atoms with van der Waals surface area (Å²) >= 11 is 0. The largest absolute Gasteiger partial charge is 0.488 e. The molecule has 0 saturated heterocycles. The molecule has 0 unspecified atom stereocenters. The molecule has 0 radical (unpaired) electrons. The fraction of sp³-hybridized carbons (Fsp3) is 0.318. The van der Waals surface area contributed by atoms with Gasteiger partial charge in [-0.25, -0.2) is 4.79 Å². The predicted molar refractivity (Wildman–Crippen MR) is 101 cm³/mol. The Hall–Kier alpha value is -2.55. The van der Waals surface area contributed by atoms with Crippen LogP contribution in [-0.2, 0) is 12.0 Å². The van der Waals surface area contributed by atoms with Gasteiger partial charge in [0.15, 0.2) is 0 Å². The van der Waals surface area contributed by atoms with E-state index in [2.05, 4.69) is 45.0 Å². The van der Waals surface area contributed by atoms with Crippen LogP contribution in [0.4, 0.5) is 0 Å². The van der Waals surface area contributed by atoms with Gasteiger partial charge >= 0.3 is 5.63 Å². The van der Waals surface area contributed by atoms with E-state index in [4.69, 9.17) is 9.15 Å². The molecule has 0 amide bonds. The summed E-state index contributed by atoms with van der Waals surface area (Å²) in [4.78, 5) is 11.8. The Labute approximate surface area is 148 Å². The third-order valence-corrected chi connectivity index (χ3v) is 4.65. The van der Waals surface area contributed by atoms with E-state index in [1.54, 1.807) is 13.0 Å². The first-order chi connectivity index (χ1) is 11.8. The standard InChI is InChI=1S/C22H24O3/c1-14-15(2)21(23)25-19-8-6-7-18(20(14)19)24-13-16-9-11-17(12-10-16)22(3,4)5/h6-12H,13H2,1-5H3. The third kappa shape index (κ3) is 3.46. The van der Waals surface area contributed by atoms with Crippen LogP contribution in [0.25, 0.3) is 11.0 Å². The van der Waals surface area contributed by atoms with Crippen molar-refractivity contribution in [2.24, 2.45) is 0 Å². The van der Waals surface area contributed by atoms with Gasteiger partial charge in [-0.1, -0.05) is 51.1 Å². The van der Waals surface area contributed by atoms with Crippen LogP contribution in [0.3, 0.4) is 0 Å². The first kappa shape index (κ1) is 17.3. The molecule has 0 aliphatic carbocycles. The molecule has 1 heterocycles. The van der Waals surface area contributed by atoms with Crippen LogP contribution in [0.15, 0.2) is 51.7 Å². The first-order valence-corrected chi connectivity index (χ1v) is 8.52. The highest BCUT2D eigenvalue weighted by Gasteiger charge is 2.14. The van der Waals surface area contributed by atoms with Gasteiger partial charge in [0.1, 0.15) is 17.9 Å². The summed E-state index contributed by atoms with van der Waals surface area (Å²) in [5.41, 5.74) is 4.35. The topological polar surface area (TPSA) is 39.4 Å². The van der Waals surface area contributed by atoms with E-state index >= 15 is 0 Å². The monoisotopic (exact) mass is 336 g/mol. The van der Waals surface area contributed by atoms with Crippen molar-refractivity contribution in [2.45, 2.75) is 46.6 Å². The van der Waals surface area contributed by atoms with E-state index < -0.39 is 0 Å². The Morgan fingerprint density at radius 1 is 0.960 bits per heavy atom. The number of rotatable bonds is 3. The zero-order chi connectivity index (χ0) is 18.2. The lowest BCUT2D eigenvalue weighted by Gasteiger charge is -2.19. The maximum absolute atomic E-state index is 11.8. The van der Waals surface area contributed by atoms with Gasteiger partial charge in [-0.15, -0.1) is 0 Å². The van der Waals surface area contributed by atoms with Crippen molar-refractivity contribution in [3.8, 4) is 5.75 Å². The normalized spacial score (nSPS) is 11.7. The quantitative estimate of drug-likeness (QED) is 0.610. The van der Waals surface area contributed by atoms with Gasteiger partial charge in [-0.3, -0.25) is 0 Å². The molecule has 3 heteroatoms. The summed E-state index contributed by atoms with van der Waals surface area (Å²) in [6.07, 6.45) is 0. The Bertz CT molecular complexity index is 957. The summed E-state index contributed by atoms with van der Waals surface area (Å²) in [5.74, 6) is 0.738. The van der Waals surface area contributed by atoms with E-state index in [1.807, 2.05) is 19.1 Å². The fourth-order valence-corrected chi connectivity index (χ4v) is 2.86. The Balaban J connectivity index is 1.89. The van der Waals surface area contributed by atoms with E-state index in [-0.39, 0.29) is 11.0 Å². The Kier molecular flexibility index (Phi) is 4.42. The van der Waals surface area contributed by atoms with Crippen LogP contribution in [0.5, 0.6) is 5.75 Å². The van der Waals surface area contributed by atoms with Gasteiger partial charge in [-0.05, 0) is 48.1 Å². The maximum Gasteiger partial charge on any atom is 0.339 e. The van der Waals surface area contributed by atoms with Gasteiger partial charge in [0.25, 0.3) is 0 Å².